The van der Waals surface area contributed by atoms with Crippen LogP contribution in [0.2, 0.25) is 0 Å². The molecule has 0 bridgehead atoms. The molecular weight excluding hydrogens is 448 g/mol. The molecule has 30 heavy (non-hydrogen) atoms. The van der Waals surface area contributed by atoms with E-state index in [1.54, 1.807) is 41.6 Å². The third kappa shape index (κ3) is 3.65. The van der Waals surface area contributed by atoms with Crippen LogP contribution in [0.15, 0.2) is 69.0 Å². The van der Waals surface area contributed by atoms with E-state index in [9.17, 15) is 14.7 Å². The Morgan fingerprint density at radius 3 is 2.83 bits per heavy atom. The number of hydrogen-bond donors (Lipinski definition) is 1. The van der Waals surface area contributed by atoms with E-state index in [0.717, 1.165) is 29.1 Å². The van der Waals surface area contributed by atoms with Gasteiger partial charge in [-0.3, -0.25) is 14.6 Å². The SMILES string of the molecule is CCCCCN1C(=O)C(O)=C(C(=O)c2cc3cc(Br)ccc3o2)C1c1cccnc1. The lowest BCUT2D eigenvalue weighted by molar-refractivity contribution is -0.129. The van der Waals surface area contributed by atoms with Gasteiger partial charge in [0.2, 0.25) is 5.78 Å². The number of pyridine rings is 1. The van der Waals surface area contributed by atoms with Gasteiger partial charge < -0.3 is 14.4 Å². The molecule has 0 fully saturated rings. The summed E-state index contributed by atoms with van der Waals surface area (Å²) in [6.45, 7) is 2.52. The maximum atomic E-state index is 13.4. The van der Waals surface area contributed by atoms with Gasteiger partial charge in [0, 0.05) is 28.8 Å². The van der Waals surface area contributed by atoms with Gasteiger partial charge in [0.05, 0.1) is 11.6 Å². The van der Waals surface area contributed by atoms with Gasteiger partial charge in [-0.05, 0) is 42.3 Å². The highest BCUT2D eigenvalue weighted by molar-refractivity contribution is 9.10. The fourth-order valence-corrected chi connectivity index (χ4v) is 4.17. The number of unbranched alkanes of at least 4 members (excludes halogenated alkanes) is 2. The van der Waals surface area contributed by atoms with E-state index in [1.165, 1.54) is 0 Å². The largest absolute Gasteiger partial charge is 0.503 e. The van der Waals surface area contributed by atoms with Gasteiger partial charge in [0.25, 0.3) is 5.91 Å². The molecule has 1 unspecified atom stereocenters. The summed E-state index contributed by atoms with van der Waals surface area (Å²) in [5.74, 6) is -1.48. The summed E-state index contributed by atoms with van der Waals surface area (Å²) in [7, 11) is 0. The van der Waals surface area contributed by atoms with E-state index < -0.39 is 23.5 Å². The highest BCUT2D eigenvalue weighted by Gasteiger charge is 2.44. The van der Waals surface area contributed by atoms with Crippen LogP contribution in [0.3, 0.4) is 0 Å². The summed E-state index contributed by atoms with van der Waals surface area (Å²) in [6, 6.07) is 9.92. The Morgan fingerprint density at radius 1 is 1.27 bits per heavy atom. The van der Waals surface area contributed by atoms with Crippen LogP contribution in [0.5, 0.6) is 0 Å². The maximum absolute atomic E-state index is 13.4. The predicted octanol–water partition coefficient (Wildman–Crippen LogP) is 5.36. The molecule has 1 amide bonds. The minimum absolute atomic E-state index is 0.0302. The first-order chi connectivity index (χ1) is 14.5. The lowest BCUT2D eigenvalue weighted by Crippen LogP contribution is -2.32. The van der Waals surface area contributed by atoms with Crippen molar-refractivity contribution in [3.05, 3.63) is 75.9 Å². The molecule has 3 aromatic rings. The number of ketones is 1. The summed E-state index contributed by atoms with van der Waals surface area (Å²) < 4.78 is 6.60. The van der Waals surface area contributed by atoms with Crippen molar-refractivity contribution >= 4 is 38.6 Å². The molecule has 2 aromatic heterocycles. The van der Waals surface area contributed by atoms with E-state index >= 15 is 0 Å². The standard InChI is InChI=1S/C23H21BrN2O4/c1-2-3-4-10-26-20(14-6-5-9-25-13-14)19(22(28)23(26)29)21(27)18-12-15-11-16(24)7-8-17(15)30-18/h5-9,11-13,20,28H,2-4,10H2,1H3. The number of benzene rings is 1. The number of Topliss-reactive ketones (excluding diaryl/α,β-unsaturated/α-hetero) is 1. The number of furan rings is 1. The minimum atomic E-state index is -0.699. The van der Waals surface area contributed by atoms with E-state index in [4.69, 9.17) is 4.42 Å². The topological polar surface area (TPSA) is 83.6 Å². The second-order valence-electron chi connectivity index (χ2n) is 7.28. The number of aliphatic hydroxyl groups is 1. The second-order valence-corrected chi connectivity index (χ2v) is 8.19. The molecule has 0 spiro atoms. The van der Waals surface area contributed by atoms with Crippen molar-refractivity contribution in [2.45, 2.75) is 32.2 Å². The number of carbonyl (C=O) groups is 2. The number of carbonyl (C=O) groups excluding carboxylic acids is 2. The van der Waals surface area contributed by atoms with Crippen LogP contribution in [-0.2, 0) is 4.79 Å². The van der Waals surface area contributed by atoms with E-state index in [0.29, 0.717) is 17.7 Å². The average Bonchev–Trinajstić information content (AvgIpc) is 3.28. The molecule has 3 heterocycles. The Hall–Kier alpha value is -2.93. The van der Waals surface area contributed by atoms with E-state index in [1.807, 2.05) is 12.1 Å². The number of halogens is 1. The molecule has 0 saturated carbocycles. The van der Waals surface area contributed by atoms with Crippen molar-refractivity contribution in [3.8, 4) is 0 Å². The van der Waals surface area contributed by atoms with E-state index in [2.05, 4.69) is 27.8 Å². The Balaban J connectivity index is 1.76. The number of nitrogens with zero attached hydrogens (tertiary/aromatic N) is 2. The Bertz CT molecular complexity index is 1140. The summed E-state index contributed by atoms with van der Waals surface area (Å²) in [4.78, 5) is 31.9. The van der Waals surface area contributed by atoms with Crippen molar-refractivity contribution in [2.24, 2.45) is 0 Å². The van der Waals surface area contributed by atoms with Gasteiger partial charge in [0.1, 0.15) is 5.58 Å². The van der Waals surface area contributed by atoms with Crippen LogP contribution in [0.25, 0.3) is 11.0 Å². The molecule has 1 aliphatic heterocycles. The molecule has 4 rings (SSSR count). The smallest absolute Gasteiger partial charge is 0.290 e. The molecular formula is C23H21BrN2O4. The first-order valence-corrected chi connectivity index (χ1v) is 10.7. The van der Waals surface area contributed by atoms with Crippen LogP contribution in [-0.4, -0.2) is 33.2 Å². The first kappa shape index (κ1) is 20.3. The van der Waals surface area contributed by atoms with Crippen LogP contribution < -0.4 is 0 Å². The maximum Gasteiger partial charge on any atom is 0.290 e. The molecule has 1 aliphatic rings. The molecule has 1 N–H and O–H groups in total. The second kappa shape index (κ2) is 8.44. The van der Waals surface area contributed by atoms with Gasteiger partial charge in [-0.15, -0.1) is 0 Å². The number of amides is 1. The van der Waals surface area contributed by atoms with Crippen molar-refractivity contribution in [2.75, 3.05) is 6.54 Å². The van der Waals surface area contributed by atoms with Gasteiger partial charge in [-0.2, -0.15) is 0 Å². The highest BCUT2D eigenvalue weighted by atomic mass is 79.9. The van der Waals surface area contributed by atoms with Gasteiger partial charge >= 0.3 is 0 Å². The van der Waals surface area contributed by atoms with Gasteiger partial charge in [-0.1, -0.05) is 41.8 Å². The monoisotopic (exact) mass is 468 g/mol. The third-order valence-corrected chi connectivity index (χ3v) is 5.75. The van der Waals surface area contributed by atoms with Crippen LogP contribution >= 0.6 is 15.9 Å². The highest BCUT2D eigenvalue weighted by Crippen LogP contribution is 2.39. The lowest BCUT2D eigenvalue weighted by Gasteiger charge is -2.26. The average molecular weight is 469 g/mol. The molecule has 1 atom stereocenters. The molecule has 0 saturated heterocycles. The summed E-state index contributed by atoms with van der Waals surface area (Å²) >= 11 is 3.41. The third-order valence-electron chi connectivity index (χ3n) is 5.25. The molecule has 7 heteroatoms. The van der Waals surface area contributed by atoms with Crippen LogP contribution in [0, 0.1) is 0 Å². The number of hydrogen-bond acceptors (Lipinski definition) is 5. The zero-order chi connectivity index (χ0) is 21.3. The number of fused-ring (bicyclic) bond motifs is 1. The summed E-state index contributed by atoms with van der Waals surface area (Å²) in [5, 5.41) is 11.4. The van der Waals surface area contributed by atoms with E-state index in [-0.39, 0.29) is 11.3 Å². The van der Waals surface area contributed by atoms with Crippen molar-refractivity contribution in [1.82, 2.24) is 9.88 Å². The summed E-state index contributed by atoms with van der Waals surface area (Å²) in [5.41, 5.74) is 1.26. The van der Waals surface area contributed by atoms with Gasteiger partial charge in [-0.25, -0.2) is 0 Å². The zero-order valence-corrected chi connectivity index (χ0v) is 18.1. The van der Waals surface area contributed by atoms with Gasteiger partial charge in [0.15, 0.2) is 11.5 Å². The van der Waals surface area contributed by atoms with Crippen molar-refractivity contribution in [1.29, 1.82) is 0 Å². The normalized spacial score (nSPS) is 16.7. The van der Waals surface area contributed by atoms with Crippen molar-refractivity contribution in [3.63, 3.8) is 0 Å². The molecule has 0 aliphatic carbocycles. The fourth-order valence-electron chi connectivity index (χ4n) is 3.79. The number of aliphatic hydroxyl groups excluding tert-OH is 1. The molecule has 154 valence electrons. The molecule has 6 nitrogen and oxygen atoms in total. The van der Waals surface area contributed by atoms with Crippen molar-refractivity contribution < 1.29 is 19.1 Å². The zero-order valence-electron chi connectivity index (χ0n) is 16.5. The lowest BCUT2D eigenvalue weighted by atomic mass is 9.96. The number of aromatic nitrogens is 1. The first-order valence-electron chi connectivity index (χ1n) is 9.89. The molecule has 1 aromatic carbocycles. The number of rotatable bonds is 7. The van der Waals surface area contributed by atoms with Crippen LogP contribution in [0.4, 0.5) is 0 Å². The minimum Gasteiger partial charge on any atom is -0.503 e. The molecule has 0 radical (unpaired) electrons. The Kier molecular flexibility index (Phi) is 5.72. The Morgan fingerprint density at radius 2 is 2.10 bits per heavy atom. The predicted molar refractivity (Wildman–Crippen MR) is 116 cm³/mol. The fraction of sp³-hybridized carbons (Fsp3) is 0.261. The Labute approximate surface area is 182 Å². The van der Waals surface area contributed by atoms with Crippen LogP contribution in [0.1, 0.15) is 48.3 Å². The summed E-state index contributed by atoms with van der Waals surface area (Å²) in [6.07, 6.45) is 5.98. The quantitative estimate of drug-likeness (QED) is 0.372.